The number of aromatic nitrogens is 1. The van der Waals surface area contributed by atoms with Crippen LogP contribution in [0.5, 0.6) is 5.75 Å². The number of aromatic hydroxyl groups is 1. The number of amides is 1. The normalized spacial score (nSPS) is 18.9. The van der Waals surface area contributed by atoms with Crippen LogP contribution in [0.4, 0.5) is 10.6 Å². The SMILES string of the molecule is CC(C)(C)OC(=O)N[C@H]1CCN(c2ncccc2O)C1. The first-order valence-corrected chi connectivity index (χ1v) is 6.73. The van der Waals surface area contributed by atoms with E-state index in [0.29, 0.717) is 12.4 Å². The summed E-state index contributed by atoms with van der Waals surface area (Å²) in [6, 6.07) is 3.30. The van der Waals surface area contributed by atoms with Crippen LogP contribution in [-0.4, -0.2) is 40.9 Å². The summed E-state index contributed by atoms with van der Waals surface area (Å²) in [5, 5.41) is 12.6. The van der Waals surface area contributed by atoms with Gasteiger partial charge in [-0.2, -0.15) is 0 Å². The van der Waals surface area contributed by atoms with Crippen molar-refractivity contribution in [3.63, 3.8) is 0 Å². The number of anilines is 1. The Kier molecular flexibility index (Phi) is 4.01. The molecule has 1 aliphatic heterocycles. The molecule has 2 heterocycles. The Morgan fingerprint density at radius 1 is 1.55 bits per heavy atom. The summed E-state index contributed by atoms with van der Waals surface area (Å²) in [4.78, 5) is 17.8. The second-order valence-electron chi connectivity index (χ2n) is 5.92. The highest BCUT2D eigenvalue weighted by Gasteiger charge is 2.27. The minimum absolute atomic E-state index is 0.00579. The molecule has 6 heteroatoms. The second kappa shape index (κ2) is 5.56. The first-order chi connectivity index (χ1) is 9.35. The molecule has 110 valence electrons. The van der Waals surface area contributed by atoms with Gasteiger partial charge in [-0.3, -0.25) is 0 Å². The molecular formula is C14H21N3O3. The predicted octanol–water partition coefficient (Wildman–Crippen LogP) is 1.89. The number of carbonyl (C=O) groups excluding carboxylic acids is 1. The molecular weight excluding hydrogens is 258 g/mol. The van der Waals surface area contributed by atoms with E-state index in [2.05, 4.69) is 10.3 Å². The fourth-order valence-corrected chi connectivity index (χ4v) is 2.18. The monoisotopic (exact) mass is 279 g/mol. The van der Waals surface area contributed by atoms with Crippen LogP contribution >= 0.6 is 0 Å². The summed E-state index contributed by atoms with van der Waals surface area (Å²) in [5.74, 6) is 0.714. The van der Waals surface area contributed by atoms with Crippen LogP contribution in [0.2, 0.25) is 0 Å². The van der Waals surface area contributed by atoms with Crippen LogP contribution in [0.3, 0.4) is 0 Å². The van der Waals surface area contributed by atoms with E-state index in [0.717, 1.165) is 13.0 Å². The average Bonchev–Trinajstić information content (AvgIpc) is 2.75. The quantitative estimate of drug-likeness (QED) is 0.864. The Morgan fingerprint density at radius 2 is 2.30 bits per heavy atom. The van der Waals surface area contributed by atoms with E-state index in [1.807, 2.05) is 25.7 Å². The summed E-state index contributed by atoms with van der Waals surface area (Å²) in [5.41, 5.74) is -0.498. The third kappa shape index (κ3) is 3.76. The number of nitrogens with one attached hydrogen (secondary N) is 1. The lowest BCUT2D eigenvalue weighted by Gasteiger charge is -2.22. The van der Waals surface area contributed by atoms with E-state index in [4.69, 9.17) is 4.74 Å². The maximum atomic E-state index is 11.7. The maximum Gasteiger partial charge on any atom is 0.407 e. The number of alkyl carbamates (subject to hydrolysis) is 1. The lowest BCUT2D eigenvalue weighted by molar-refractivity contribution is 0.0509. The van der Waals surface area contributed by atoms with Crippen LogP contribution < -0.4 is 10.2 Å². The standard InChI is InChI=1S/C14H21N3O3/c1-14(2,3)20-13(19)16-10-6-8-17(9-10)12-11(18)5-4-7-15-12/h4-5,7,10,18H,6,8-9H2,1-3H3,(H,16,19)/t10-/m0/s1. The van der Waals surface area contributed by atoms with Crippen LogP contribution in [0.1, 0.15) is 27.2 Å². The van der Waals surface area contributed by atoms with Crippen molar-refractivity contribution >= 4 is 11.9 Å². The highest BCUT2D eigenvalue weighted by molar-refractivity contribution is 5.68. The zero-order chi connectivity index (χ0) is 14.8. The number of hydrogen-bond donors (Lipinski definition) is 2. The van der Waals surface area contributed by atoms with Crippen molar-refractivity contribution in [2.45, 2.75) is 38.8 Å². The third-order valence-corrected chi connectivity index (χ3v) is 2.97. The molecule has 0 spiro atoms. The minimum atomic E-state index is -0.498. The Hall–Kier alpha value is -1.98. The highest BCUT2D eigenvalue weighted by atomic mass is 16.6. The van der Waals surface area contributed by atoms with Crippen molar-refractivity contribution in [1.82, 2.24) is 10.3 Å². The van der Waals surface area contributed by atoms with Crippen molar-refractivity contribution in [2.24, 2.45) is 0 Å². The predicted molar refractivity (Wildman–Crippen MR) is 75.9 cm³/mol. The average molecular weight is 279 g/mol. The van der Waals surface area contributed by atoms with Gasteiger partial charge in [0.25, 0.3) is 0 Å². The van der Waals surface area contributed by atoms with Gasteiger partial charge in [-0.05, 0) is 39.3 Å². The Morgan fingerprint density at radius 3 is 2.95 bits per heavy atom. The highest BCUT2D eigenvalue weighted by Crippen LogP contribution is 2.26. The van der Waals surface area contributed by atoms with Crippen molar-refractivity contribution in [3.05, 3.63) is 18.3 Å². The molecule has 6 nitrogen and oxygen atoms in total. The molecule has 2 N–H and O–H groups in total. The van der Waals surface area contributed by atoms with E-state index < -0.39 is 11.7 Å². The molecule has 1 atom stereocenters. The summed E-state index contributed by atoms with van der Waals surface area (Å²) in [6.07, 6.45) is 2.04. The first-order valence-electron chi connectivity index (χ1n) is 6.73. The van der Waals surface area contributed by atoms with E-state index in [1.54, 1.807) is 18.3 Å². The molecule has 0 radical (unpaired) electrons. The number of pyridine rings is 1. The van der Waals surface area contributed by atoms with Crippen molar-refractivity contribution < 1.29 is 14.6 Å². The zero-order valence-corrected chi connectivity index (χ0v) is 12.1. The second-order valence-corrected chi connectivity index (χ2v) is 5.92. The van der Waals surface area contributed by atoms with Crippen LogP contribution in [0.15, 0.2) is 18.3 Å². The van der Waals surface area contributed by atoms with Gasteiger partial charge in [0, 0.05) is 19.3 Å². The van der Waals surface area contributed by atoms with E-state index in [1.165, 1.54) is 0 Å². The third-order valence-electron chi connectivity index (χ3n) is 2.97. The lowest BCUT2D eigenvalue weighted by atomic mass is 10.2. The maximum absolute atomic E-state index is 11.7. The number of nitrogens with zero attached hydrogens (tertiary/aromatic N) is 2. The molecule has 0 bridgehead atoms. The van der Waals surface area contributed by atoms with Gasteiger partial charge in [0.1, 0.15) is 5.60 Å². The molecule has 20 heavy (non-hydrogen) atoms. The van der Waals surface area contributed by atoms with Crippen LogP contribution in [-0.2, 0) is 4.74 Å². The van der Waals surface area contributed by atoms with Crippen LogP contribution in [0, 0.1) is 0 Å². The summed E-state index contributed by atoms with van der Waals surface area (Å²) < 4.78 is 5.23. The molecule has 1 saturated heterocycles. The minimum Gasteiger partial charge on any atom is -0.504 e. The molecule has 0 aromatic carbocycles. The lowest BCUT2D eigenvalue weighted by Crippen LogP contribution is -2.40. The van der Waals surface area contributed by atoms with Gasteiger partial charge in [0.2, 0.25) is 0 Å². The smallest absolute Gasteiger partial charge is 0.407 e. The molecule has 1 fully saturated rings. The zero-order valence-electron chi connectivity index (χ0n) is 12.1. The van der Waals surface area contributed by atoms with Gasteiger partial charge in [-0.15, -0.1) is 0 Å². The van der Waals surface area contributed by atoms with E-state index >= 15 is 0 Å². The number of carbonyl (C=O) groups is 1. The Labute approximate surface area is 118 Å². The van der Waals surface area contributed by atoms with Gasteiger partial charge in [0.15, 0.2) is 11.6 Å². The van der Waals surface area contributed by atoms with Crippen molar-refractivity contribution in [3.8, 4) is 5.75 Å². The number of rotatable bonds is 2. The molecule has 1 amide bonds. The van der Waals surface area contributed by atoms with Gasteiger partial charge < -0.3 is 20.1 Å². The molecule has 1 aromatic rings. The molecule has 0 aliphatic carbocycles. The fraction of sp³-hybridized carbons (Fsp3) is 0.571. The Bertz CT molecular complexity index is 485. The molecule has 1 aliphatic rings. The van der Waals surface area contributed by atoms with Crippen molar-refractivity contribution in [1.29, 1.82) is 0 Å². The topological polar surface area (TPSA) is 74.7 Å². The van der Waals surface area contributed by atoms with E-state index in [9.17, 15) is 9.90 Å². The van der Waals surface area contributed by atoms with Crippen molar-refractivity contribution in [2.75, 3.05) is 18.0 Å². The molecule has 1 aromatic heterocycles. The van der Waals surface area contributed by atoms with Gasteiger partial charge in [-0.1, -0.05) is 0 Å². The molecule has 2 rings (SSSR count). The summed E-state index contributed by atoms with van der Waals surface area (Å²) in [7, 11) is 0. The fourth-order valence-electron chi connectivity index (χ4n) is 2.18. The van der Waals surface area contributed by atoms with Gasteiger partial charge >= 0.3 is 6.09 Å². The summed E-state index contributed by atoms with van der Waals surface area (Å²) in [6.45, 7) is 6.85. The Balaban J connectivity index is 1.90. The number of hydrogen-bond acceptors (Lipinski definition) is 5. The van der Waals surface area contributed by atoms with E-state index in [-0.39, 0.29) is 11.8 Å². The largest absolute Gasteiger partial charge is 0.504 e. The molecule has 0 saturated carbocycles. The number of ether oxygens (including phenoxy) is 1. The summed E-state index contributed by atoms with van der Waals surface area (Å²) >= 11 is 0. The van der Waals surface area contributed by atoms with Crippen LogP contribution in [0.25, 0.3) is 0 Å². The molecule has 0 unspecified atom stereocenters. The van der Waals surface area contributed by atoms with Gasteiger partial charge in [0.05, 0.1) is 6.04 Å². The van der Waals surface area contributed by atoms with Gasteiger partial charge in [-0.25, -0.2) is 9.78 Å². The first kappa shape index (κ1) is 14.4.